The predicted molar refractivity (Wildman–Crippen MR) is 125 cm³/mol. The van der Waals surface area contributed by atoms with Crippen LogP contribution in [0.25, 0.3) is 5.65 Å². The SMILES string of the molecule is Cc1cn2nc([C@@H]3CCCCN3C(=O)c3cccc(C(F)(F)F)n3)cc2nc1N1C[C@@H](C#N)[C@@H](C)C1. The molecule has 0 spiro atoms. The monoisotopic (exact) mass is 497 g/mol. The number of anilines is 1. The molecule has 0 bridgehead atoms. The van der Waals surface area contributed by atoms with E-state index in [0.717, 1.165) is 36.8 Å². The number of pyridine rings is 1. The van der Waals surface area contributed by atoms with Crippen LogP contribution in [0.5, 0.6) is 0 Å². The van der Waals surface area contributed by atoms with Crippen LogP contribution in [0.1, 0.15) is 59.7 Å². The van der Waals surface area contributed by atoms with Gasteiger partial charge < -0.3 is 9.80 Å². The summed E-state index contributed by atoms with van der Waals surface area (Å²) in [7, 11) is 0. The first-order chi connectivity index (χ1) is 17.2. The summed E-state index contributed by atoms with van der Waals surface area (Å²) < 4.78 is 41.1. The van der Waals surface area contributed by atoms with E-state index in [2.05, 4.69) is 28.0 Å². The zero-order valence-corrected chi connectivity index (χ0v) is 20.0. The number of piperidine rings is 1. The van der Waals surface area contributed by atoms with Crippen LogP contribution in [0.4, 0.5) is 19.0 Å². The van der Waals surface area contributed by atoms with E-state index in [1.807, 2.05) is 19.2 Å². The van der Waals surface area contributed by atoms with Crippen LogP contribution in [0.2, 0.25) is 0 Å². The largest absolute Gasteiger partial charge is 0.433 e. The molecule has 11 heteroatoms. The van der Waals surface area contributed by atoms with Crippen molar-refractivity contribution in [2.75, 3.05) is 24.5 Å². The molecule has 0 aromatic carbocycles. The second-order valence-corrected chi connectivity index (χ2v) is 9.65. The highest BCUT2D eigenvalue weighted by Crippen LogP contribution is 2.34. The van der Waals surface area contributed by atoms with E-state index in [1.165, 1.54) is 12.1 Å². The Labute approximate surface area is 206 Å². The van der Waals surface area contributed by atoms with E-state index in [-0.39, 0.29) is 23.6 Å². The molecule has 0 N–H and O–H groups in total. The summed E-state index contributed by atoms with van der Waals surface area (Å²) in [6.07, 6.45) is -0.468. The molecule has 5 heterocycles. The minimum Gasteiger partial charge on any atom is -0.355 e. The molecule has 0 aliphatic carbocycles. The standard InChI is InChI=1S/C25H26F3N7O/c1-15-12-33(14-17(15)11-29)23-16(2)13-35-22(31-23)10-19(32-35)20-7-3-4-9-34(20)24(36)18-6-5-8-21(30-18)25(26,27)28/h5-6,8,10,13,15,17,20H,3-4,7,9,12,14H2,1-2H3/t15-,17+,20-/m0/s1. The fourth-order valence-electron chi connectivity index (χ4n) is 5.15. The van der Waals surface area contributed by atoms with Crippen LogP contribution in [-0.2, 0) is 6.18 Å². The maximum absolute atomic E-state index is 13.3. The number of nitrogens with zero attached hydrogens (tertiary/aromatic N) is 7. The smallest absolute Gasteiger partial charge is 0.355 e. The molecule has 0 unspecified atom stereocenters. The summed E-state index contributed by atoms with van der Waals surface area (Å²) in [4.78, 5) is 25.4. The van der Waals surface area contributed by atoms with Crippen molar-refractivity contribution in [2.24, 2.45) is 11.8 Å². The molecule has 3 aromatic heterocycles. The Hall–Kier alpha value is -3.68. The van der Waals surface area contributed by atoms with Crippen LogP contribution in [0, 0.1) is 30.1 Å². The van der Waals surface area contributed by atoms with Gasteiger partial charge in [0.15, 0.2) is 5.65 Å². The van der Waals surface area contributed by atoms with Crippen molar-refractivity contribution < 1.29 is 18.0 Å². The highest BCUT2D eigenvalue weighted by atomic mass is 19.4. The van der Waals surface area contributed by atoms with Crippen molar-refractivity contribution in [3.63, 3.8) is 0 Å². The van der Waals surface area contributed by atoms with Crippen molar-refractivity contribution in [3.05, 3.63) is 53.1 Å². The summed E-state index contributed by atoms with van der Waals surface area (Å²) in [6, 6.07) is 7.19. The number of aromatic nitrogens is 4. The first-order valence-corrected chi connectivity index (χ1v) is 12.0. The van der Waals surface area contributed by atoms with Crippen LogP contribution < -0.4 is 4.90 Å². The van der Waals surface area contributed by atoms with Crippen molar-refractivity contribution in [2.45, 2.75) is 45.3 Å². The van der Waals surface area contributed by atoms with E-state index in [0.29, 0.717) is 30.9 Å². The molecule has 1 amide bonds. The van der Waals surface area contributed by atoms with E-state index in [9.17, 15) is 23.2 Å². The zero-order valence-electron chi connectivity index (χ0n) is 20.0. The summed E-state index contributed by atoms with van der Waals surface area (Å²) in [5.41, 5.74) is 0.869. The normalized spacial score (nSPS) is 22.7. The number of alkyl halides is 3. The molecule has 3 atom stereocenters. The Morgan fingerprint density at radius 2 is 2.00 bits per heavy atom. The molecule has 0 radical (unpaired) electrons. The molecule has 5 rings (SSSR count). The third-order valence-corrected chi connectivity index (χ3v) is 7.07. The number of halogens is 3. The third-order valence-electron chi connectivity index (χ3n) is 7.07. The molecular weight excluding hydrogens is 471 g/mol. The van der Waals surface area contributed by atoms with E-state index < -0.39 is 17.8 Å². The maximum Gasteiger partial charge on any atom is 0.433 e. The topological polar surface area (TPSA) is 90.4 Å². The van der Waals surface area contributed by atoms with Gasteiger partial charge in [0.2, 0.25) is 0 Å². The van der Waals surface area contributed by atoms with E-state index >= 15 is 0 Å². The van der Waals surface area contributed by atoms with Crippen LogP contribution in [0.3, 0.4) is 0 Å². The Morgan fingerprint density at radius 1 is 1.19 bits per heavy atom. The number of amides is 1. The summed E-state index contributed by atoms with van der Waals surface area (Å²) in [5, 5.41) is 14.1. The lowest BCUT2D eigenvalue weighted by Crippen LogP contribution is -2.39. The number of likely N-dealkylation sites (tertiary alicyclic amines) is 1. The van der Waals surface area contributed by atoms with E-state index in [1.54, 1.807) is 9.42 Å². The Bertz CT molecular complexity index is 1350. The van der Waals surface area contributed by atoms with Gasteiger partial charge in [-0.25, -0.2) is 14.5 Å². The number of nitriles is 1. The Kier molecular flexibility index (Phi) is 6.06. The van der Waals surface area contributed by atoms with Crippen LogP contribution in [-0.4, -0.2) is 50.0 Å². The van der Waals surface area contributed by atoms with Gasteiger partial charge >= 0.3 is 6.18 Å². The molecular formula is C25H26F3N7O. The number of rotatable bonds is 3. The van der Waals surface area contributed by atoms with Crippen LogP contribution >= 0.6 is 0 Å². The second kappa shape index (κ2) is 9.08. The number of carbonyl (C=O) groups is 1. The average Bonchev–Trinajstić information content (AvgIpc) is 3.45. The lowest BCUT2D eigenvalue weighted by molar-refractivity contribution is -0.141. The molecule has 3 aromatic rings. The van der Waals surface area contributed by atoms with Crippen molar-refractivity contribution in [1.29, 1.82) is 5.26 Å². The average molecular weight is 498 g/mol. The fourth-order valence-corrected chi connectivity index (χ4v) is 5.15. The number of carbonyl (C=O) groups excluding carboxylic acids is 1. The summed E-state index contributed by atoms with van der Waals surface area (Å²) in [6.45, 7) is 5.79. The molecule has 2 fully saturated rings. The lowest BCUT2D eigenvalue weighted by Gasteiger charge is -2.34. The van der Waals surface area contributed by atoms with Crippen molar-refractivity contribution >= 4 is 17.4 Å². The van der Waals surface area contributed by atoms with Gasteiger partial charge in [0.25, 0.3) is 5.91 Å². The first kappa shape index (κ1) is 24.0. The van der Waals surface area contributed by atoms with Crippen molar-refractivity contribution in [1.82, 2.24) is 24.5 Å². The minimum absolute atomic E-state index is 0.0471. The Morgan fingerprint density at radius 3 is 2.72 bits per heavy atom. The molecule has 2 aliphatic heterocycles. The molecule has 188 valence electrons. The van der Waals surface area contributed by atoms with E-state index in [4.69, 9.17) is 4.98 Å². The van der Waals surface area contributed by atoms with Gasteiger partial charge in [-0.3, -0.25) is 4.79 Å². The number of hydrogen-bond acceptors (Lipinski definition) is 6. The van der Waals surface area contributed by atoms with Gasteiger partial charge in [0.05, 0.1) is 23.7 Å². The lowest BCUT2D eigenvalue weighted by atomic mass is 9.99. The summed E-state index contributed by atoms with van der Waals surface area (Å²) in [5.74, 6) is 0.470. The molecule has 2 saturated heterocycles. The molecule has 0 saturated carbocycles. The first-order valence-electron chi connectivity index (χ1n) is 12.0. The van der Waals surface area contributed by atoms with Gasteiger partial charge in [-0.05, 0) is 44.2 Å². The van der Waals surface area contributed by atoms with Gasteiger partial charge in [-0.15, -0.1) is 0 Å². The second-order valence-electron chi connectivity index (χ2n) is 9.65. The van der Waals surface area contributed by atoms with Gasteiger partial charge in [-0.2, -0.15) is 23.5 Å². The van der Waals surface area contributed by atoms with Gasteiger partial charge in [0.1, 0.15) is 17.2 Å². The van der Waals surface area contributed by atoms with Crippen LogP contribution in [0.15, 0.2) is 30.5 Å². The minimum atomic E-state index is -4.62. The predicted octanol–water partition coefficient (Wildman–Crippen LogP) is 4.41. The molecule has 36 heavy (non-hydrogen) atoms. The van der Waals surface area contributed by atoms with Crippen molar-refractivity contribution in [3.8, 4) is 6.07 Å². The highest BCUT2D eigenvalue weighted by molar-refractivity contribution is 5.92. The Balaban J connectivity index is 1.45. The highest BCUT2D eigenvalue weighted by Gasteiger charge is 2.36. The summed E-state index contributed by atoms with van der Waals surface area (Å²) >= 11 is 0. The zero-order chi connectivity index (χ0) is 25.6. The maximum atomic E-state index is 13.3. The quantitative estimate of drug-likeness (QED) is 0.532. The van der Waals surface area contributed by atoms with Gasteiger partial charge in [0, 0.05) is 37.5 Å². The van der Waals surface area contributed by atoms with Gasteiger partial charge in [-0.1, -0.05) is 13.0 Å². The number of aryl methyl sites for hydroxylation is 1. The third kappa shape index (κ3) is 4.36. The molecule has 2 aliphatic rings. The number of hydrogen-bond donors (Lipinski definition) is 0. The molecule has 8 nitrogen and oxygen atoms in total. The fraction of sp³-hybridized carbons (Fsp3) is 0.480. The number of fused-ring (bicyclic) bond motifs is 1.